The monoisotopic (exact) mass is 408 g/mol. The second-order valence-corrected chi connectivity index (χ2v) is 7.95. The van der Waals surface area contributed by atoms with Crippen molar-refractivity contribution in [3.05, 3.63) is 30.3 Å². The lowest BCUT2D eigenvalue weighted by Crippen LogP contribution is -2.35. The Kier molecular flexibility index (Phi) is 4.88. The van der Waals surface area contributed by atoms with Crippen LogP contribution in [-0.4, -0.2) is 23.6 Å². The van der Waals surface area contributed by atoms with Crippen molar-refractivity contribution in [2.45, 2.75) is 20.7 Å². The lowest BCUT2D eigenvalue weighted by atomic mass is 10.3. The molecule has 0 radical (unpaired) electrons. The fraction of sp³-hybridized carbons (Fsp3) is 0.400. The van der Waals surface area contributed by atoms with Gasteiger partial charge in [0.05, 0.1) is 10.6 Å². The summed E-state index contributed by atoms with van der Waals surface area (Å²) >= 11 is 4.07. The Labute approximate surface area is 120 Å². The van der Waals surface area contributed by atoms with Crippen LogP contribution in [0.25, 0.3) is 0 Å². The van der Waals surface area contributed by atoms with E-state index in [1.54, 1.807) is 6.07 Å². The molecule has 0 amide bonds. The van der Waals surface area contributed by atoms with E-state index in [-0.39, 0.29) is 4.90 Å². The van der Waals surface area contributed by atoms with E-state index in [1.165, 1.54) is 24.3 Å². The SMILES string of the molecule is O=S(=O)(CC[C@@](F)(Br)C(F)(F)Br)c1ccccc1. The van der Waals surface area contributed by atoms with Gasteiger partial charge in [-0.15, -0.1) is 0 Å². The third kappa shape index (κ3) is 3.96. The molecule has 1 atom stereocenters. The van der Waals surface area contributed by atoms with E-state index < -0.39 is 31.4 Å². The molecule has 0 saturated carbocycles. The first-order valence-electron chi connectivity index (χ1n) is 4.79. The van der Waals surface area contributed by atoms with Gasteiger partial charge in [0, 0.05) is 6.42 Å². The molecular weight excluding hydrogens is 401 g/mol. The summed E-state index contributed by atoms with van der Waals surface area (Å²) in [5, 5.41) is 0. The second-order valence-electron chi connectivity index (χ2n) is 3.58. The van der Waals surface area contributed by atoms with E-state index in [9.17, 15) is 21.6 Å². The number of halogens is 5. The maximum Gasteiger partial charge on any atom is 0.344 e. The highest BCUT2D eigenvalue weighted by molar-refractivity contribution is 9.12. The van der Waals surface area contributed by atoms with Gasteiger partial charge >= 0.3 is 4.83 Å². The molecular formula is C10H9Br2F3O2S. The van der Waals surface area contributed by atoms with Gasteiger partial charge in [-0.05, 0) is 44.0 Å². The molecule has 0 bridgehead atoms. The fourth-order valence-corrected chi connectivity index (χ4v) is 3.17. The van der Waals surface area contributed by atoms with E-state index in [0.717, 1.165) is 0 Å². The Morgan fingerprint density at radius 2 is 1.56 bits per heavy atom. The lowest BCUT2D eigenvalue weighted by molar-refractivity contribution is 0.00344. The second kappa shape index (κ2) is 5.50. The Morgan fingerprint density at radius 1 is 1.06 bits per heavy atom. The zero-order valence-electron chi connectivity index (χ0n) is 8.92. The van der Waals surface area contributed by atoms with Crippen molar-refractivity contribution in [1.82, 2.24) is 0 Å². The summed E-state index contributed by atoms with van der Waals surface area (Å²) in [6.07, 6.45) is -0.873. The van der Waals surface area contributed by atoms with Gasteiger partial charge in [-0.2, -0.15) is 8.78 Å². The first-order chi connectivity index (χ1) is 8.06. The van der Waals surface area contributed by atoms with Crippen LogP contribution in [0, 0.1) is 0 Å². The highest BCUT2D eigenvalue weighted by Crippen LogP contribution is 2.45. The molecule has 0 saturated heterocycles. The summed E-state index contributed by atoms with van der Waals surface area (Å²) in [5.41, 5.74) is 0. The van der Waals surface area contributed by atoms with E-state index in [1.807, 2.05) is 15.9 Å². The number of sulfone groups is 1. The Balaban J connectivity index is 2.82. The zero-order valence-corrected chi connectivity index (χ0v) is 12.9. The topological polar surface area (TPSA) is 34.1 Å². The molecule has 0 aliphatic rings. The molecule has 0 spiro atoms. The Hall–Kier alpha value is -0.0800. The van der Waals surface area contributed by atoms with Crippen LogP contribution >= 0.6 is 31.9 Å². The van der Waals surface area contributed by atoms with Crippen molar-refractivity contribution in [3.63, 3.8) is 0 Å². The van der Waals surface area contributed by atoms with Crippen LogP contribution in [0.5, 0.6) is 0 Å². The molecule has 0 aliphatic carbocycles. The van der Waals surface area contributed by atoms with Gasteiger partial charge < -0.3 is 0 Å². The first kappa shape index (κ1) is 16.0. The minimum atomic E-state index is -3.84. The molecule has 0 N–H and O–H groups in total. The molecule has 18 heavy (non-hydrogen) atoms. The normalized spacial score (nSPS) is 16.3. The maximum absolute atomic E-state index is 13.5. The van der Waals surface area contributed by atoms with E-state index in [2.05, 4.69) is 15.9 Å². The van der Waals surface area contributed by atoms with Crippen molar-refractivity contribution in [2.75, 3.05) is 5.75 Å². The first-order valence-corrected chi connectivity index (χ1v) is 8.02. The summed E-state index contributed by atoms with van der Waals surface area (Å²) in [4.78, 5) is -3.86. The van der Waals surface area contributed by atoms with Gasteiger partial charge in [0.2, 0.25) is 4.58 Å². The molecule has 8 heteroatoms. The number of hydrogen-bond acceptors (Lipinski definition) is 2. The van der Waals surface area contributed by atoms with Crippen molar-refractivity contribution >= 4 is 41.7 Å². The standard InChI is InChI=1S/C10H9Br2F3O2S/c11-9(13,10(12,14)15)6-7-18(16,17)8-4-2-1-3-5-8/h1-5H,6-7H2/t9-/m0/s1. The highest BCUT2D eigenvalue weighted by Gasteiger charge is 2.51. The van der Waals surface area contributed by atoms with Gasteiger partial charge in [0.1, 0.15) is 0 Å². The van der Waals surface area contributed by atoms with Crippen LogP contribution < -0.4 is 0 Å². The minimum absolute atomic E-state index is 0.0220. The summed E-state index contributed by atoms with van der Waals surface area (Å²) in [6.45, 7) is 0. The minimum Gasteiger partial charge on any atom is -0.224 e. The number of rotatable bonds is 5. The molecule has 2 nitrogen and oxygen atoms in total. The fourth-order valence-electron chi connectivity index (χ4n) is 1.15. The highest BCUT2D eigenvalue weighted by atomic mass is 79.9. The molecule has 0 fully saturated rings. The van der Waals surface area contributed by atoms with Crippen LogP contribution in [0.15, 0.2) is 35.2 Å². The summed E-state index contributed by atoms with van der Waals surface area (Å²) in [5.74, 6) is -0.722. The van der Waals surface area contributed by atoms with E-state index in [4.69, 9.17) is 0 Å². The summed E-state index contributed by atoms with van der Waals surface area (Å²) < 4.78 is 59.5. The van der Waals surface area contributed by atoms with Crippen molar-refractivity contribution in [1.29, 1.82) is 0 Å². The van der Waals surface area contributed by atoms with E-state index >= 15 is 0 Å². The molecule has 0 heterocycles. The molecule has 0 aliphatic heterocycles. The molecule has 1 aromatic carbocycles. The summed E-state index contributed by atoms with van der Waals surface area (Å²) in [6, 6.07) is 7.28. The van der Waals surface area contributed by atoms with Crippen molar-refractivity contribution < 1.29 is 21.6 Å². The molecule has 0 aromatic heterocycles. The van der Waals surface area contributed by atoms with Crippen LogP contribution in [0.3, 0.4) is 0 Å². The molecule has 0 unspecified atom stereocenters. The molecule has 1 aromatic rings. The van der Waals surface area contributed by atoms with Crippen LogP contribution in [0.4, 0.5) is 13.2 Å². The lowest BCUT2D eigenvalue weighted by Gasteiger charge is -2.23. The Bertz CT molecular complexity index is 498. The number of hydrogen-bond donors (Lipinski definition) is 0. The number of benzene rings is 1. The van der Waals surface area contributed by atoms with Gasteiger partial charge in [-0.3, -0.25) is 0 Å². The van der Waals surface area contributed by atoms with Crippen LogP contribution in [0.1, 0.15) is 6.42 Å². The van der Waals surface area contributed by atoms with Gasteiger partial charge in [-0.1, -0.05) is 18.2 Å². The average molecular weight is 410 g/mol. The van der Waals surface area contributed by atoms with Crippen LogP contribution in [0.2, 0.25) is 0 Å². The maximum atomic E-state index is 13.5. The third-order valence-corrected chi connectivity index (χ3v) is 5.99. The van der Waals surface area contributed by atoms with Crippen LogP contribution in [-0.2, 0) is 9.84 Å². The number of alkyl halides is 5. The zero-order chi connectivity index (χ0) is 14.0. The van der Waals surface area contributed by atoms with Gasteiger partial charge in [-0.25, -0.2) is 12.8 Å². The third-order valence-electron chi connectivity index (χ3n) is 2.20. The largest absolute Gasteiger partial charge is 0.344 e. The molecule has 102 valence electrons. The Morgan fingerprint density at radius 3 is 2.00 bits per heavy atom. The van der Waals surface area contributed by atoms with Crippen molar-refractivity contribution in [3.8, 4) is 0 Å². The van der Waals surface area contributed by atoms with Gasteiger partial charge in [0.15, 0.2) is 9.84 Å². The quantitative estimate of drug-likeness (QED) is 0.691. The summed E-state index contributed by atoms with van der Waals surface area (Å²) in [7, 11) is -3.78. The van der Waals surface area contributed by atoms with E-state index in [0.29, 0.717) is 0 Å². The predicted molar refractivity (Wildman–Crippen MR) is 69.8 cm³/mol. The smallest absolute Gasteiger partial charge is 0.224 e. The van der Waals surface area contributed by atoms with Gasteiger partial charge in [0.25, 0.3) is 0 Å². The predicted octanol–water partition coefficient (Wildman–Crippen LogP) is 3.90. The average Bonchev–Trinajstić information content (AvgIpc) is 2.26. The van der Waals surface area contributed by atoms with Crippen molar-refractivity contribution in [2.24, 2.45) is 0 Å². The molecule has 1 rings (SSSR count).